The lowest BCUT2D eigenvalue weighted by molar-refractivity contribution is 0.236. The molecule has 1 saturated carbocycles. The van der Waals surface area contributed by atoms with E-state index in [2.05, 4.69) is 26.1 Å². The van der Waals surface area contributed by atoms with Gasteiger partial charge in [0, 0.05) is 12.3 Å². The summed E-state index contributed by atoms with van der Waals surface area (Å²) in [6.45, 7) is 6.77. The Kier molecular flexibility index (Phi) is 5.87. The monoisotopic (exact) mass is 289 g/mol. The summed E-state index contributed by atoms with van der Waals surface area (Å²) in [5.74, 6) is 0.590. The van der Waals surface area contributed by atoms with Gasteiger partial charge < -0.3 is 5.32 Å². The molecule has 1 N–H and O–H groups in total. The van der Waals surface area contributed by atoms with E-state index in [0.29, 0.717) is 12.0 Å². The minimum atomic E-state index is -2.85. The summed E-state index contributed by atoms with van der Waals surface area (Å²) < 4.78 is 23.3. The van der Waals surface area contributed by atoms with E-state index in [0.717, 1.165) is 32.1 Å². The Morgan fingerprint density at radius 2 is 1.89 bits per heavy atom. The molecule has 19 heavy (non-hydrogen) atoms. The summed E-state index contributed by atoms with van der Waals surface area (Å²) in [5.41, 5.74) is 0.264. The highest BCUT2D eigenvalue weighted by Crippen LogP contribution is 2.33. The maximum atomic E-state index is 11.7. The fraction of sp³-hybridized carbons (Fsp3) is 1.00. The van der Waals surface area contributed by atoms with E-state index in [4.69, 9.17) is 0 Å². The molecule has 3 nitrogen and oxygen atoms in total. The van der Waals surface area contributed by atoms with Crippen molar-refractivity contribution >= 4 is 9.84 Å². The van der Waals surface area contributed by atoms with E-state index in [-0.39, 0.29) is 10.7 Å². The number of rotatable bonds is 5. The average molecular weight is 289 g/mol. The van der Waals surface area contributed by atoms with Crippen LogP contribution >= 0.6 is 0 Å². The van der Waals surface area contributed by atoms with Crippen molar-refractivity contribution in [3.63, 3.8) is 0 Å². The van der Waals surface area contributed by atoms with Gasteiger partial charge in [-0.05, 0) is 44.1 Å². The maximum absolute atomic E-state index is 11.7. The highest BCUT2D eigenvalue weighted by Gasteiger charge is 2.30. The zero-order valence-electron chi connectivity index (χ0n) is 13.2. The van der Waals surface area contributed by atoms with E-state index in [1.165, 1.54) is 12.7 Å². The molecule has 3 atom stereocenters. The van der Waals surface area contributed by atoms with Crippen LogP contribution in [-0.2, 0) is 9.84 Å². The van der Waals surface area contributed by atoms with Gasteiger partial charge in [-0.15, -0.1) is 0 Å². The Hall–Kier alpha value is -0.0900. The molecule has 114 valence electrons. The van der Waals surface area contributed by atoms with Gasteiger partial charge in [-0.2, -0.15) is 0 Å². The van der Waals surface area contributed by atoms with Crippen LogP contribution in [0.1, 0.15) is 59.3 Å². The SMILES string of the molecule is CNC(CCC1CCCC(S(C)(=O)=O)C1)C(C)(C)C. The van der Waals surface area contributed by atoms with Gasteiger partial charge in [-0.3, -0.25) is 0 Å². The van der Waals surface area contributed by atoms with E-state index < -0.39 is 9.84 Å². The number of nitrogens with one attached hydrogen (secondary N) is 1. The molecule has 0 heterocycles. The van der Waals surface area contributed by atoms with Crippen molar-refractivity contribution < 1.29 is 8.42 Å². The first-order valence-corrected chi connectivity index (χ1v) is 9.46. The van der Waals surface area contributed by atoms with Crippen molar-refractivity contribution in [2.75, 3.05) is 13.3 Å². The first-order valence-electron chi connectivity index (χ1n) is 7.50. The molecule has 0 radical (unpaired) electrons. The van der Waals surface area contributed by atoms with E-state index >= 15 is 0 Å². The van der Waals surface area contributed by atoms with Crippen molar-refractivity contribution in [2.45, 2.75) is 70.6 Å². The summed E-state index contributed by atoms with van der Waals surface area (Å²) >= 11 is 0. The van der Waals surface area contributed by atoms with Gasteiger partial charge in [0.2, 0.25) is 0 Å². The van der Waals surface area contributed by atoms with Gasteiger partial charge in [-0.1, -0.05) is 33.6 Å². The minimum absolute atomic E-state index is 0.0890. The summed E-state index contributed by atoms with van der Waals surface area (Å²) in [4.78, 5) is 0. The highest BCUT2D eigenvalue weighted by atomic mass is 32.2. The second kappa shape index (κ2) is 6.57. The van der Waals surface area contributed by atoms with Crippen molar-refractivity contribution in [3.05, 3.63) is 0 Å². The standard InChI is InChI=1S/C15H31NO2S/c1-15(2,3)14(16-4)10-9-12-7-6-8-13(11-12)19(5,17)18/h12-14,16H,6-11H2,1-5H3. The Bertz CT molecular complexity index is 370. The molecule has 0 saturated heterocycles. The van der Waals surface area contributed by atoms with Crippen LogP contribution in [0.15, 0.2) is 0 Å². The molecule has 0 bridgehead atoms. The molecular weight excluding hydrogens is 258 g/mol. The molecule has 1 aliphatic carbocycles. The third kappa shape index (κ3) is 5.42. The molecule has 3 unspecified atom stereocenters. The Labute approximate surface area is 119 Å². The number of hydrogen-bond acceptors (Lipinski definition) is 3. The second-order valence-corrected chi connectivity index (χ2v) is 9.59. The van der Waals surface area contributed by atoms with Crippen LogP contribution in [0.25, 0.3) is 0 Å². The fourth-order valence-electron chi connectivity index (χ4n) is 3.31. The predicted molar refractivity (Wildman–Crippen MR) is 82.1 cm³/mol. The van der Waals surface area contributed by atoms with Gasteiger partial charge in [-0.25, -0.2) is 8.42 Å². The highest BCUT2D eigenvalue weighted by molar-refractivity contribution is 7.91. The van der Waals surface area contributed by atoms with E-state index in [1.54, 1.807) is 0 Å². The van der Waals surface area contributed by atoms with E-state index in [9.17, 15) is 8.42 Å². The third-order valence-corrected chi connectivity index (χ3v) is 6.24. The van der Waals surface area contributed by atoms with Gasteiger partial charge in [0.25, 0.3) is 0 Å². The van der Waals surface area contributed by atoms with Crippen molar-refractivity contribution in [1.82, 2.24) is 5.32 Å². The first-order chi connectivity index (χ1) is 8.64. The lowest BCUT2D eigenvalue weighted by Gasteiger charge is -2.33. The second-order valence-electron chi connectivity index (χ2n) is 7.27. The van der Waals surface area contributed by atoms with Crippen LogP contribution in [0.5, 0.6) is 0 Å². The van der Waals surface area contributed by atoms with Crippen molar-refractivity contribution in [2.24, 2.45) is 11.3 Å². The third-order valence-electron chi connectivity index (χ3n) is 4.60. The first kappa shape index (κ1) is 17.0. The molecule has 1 rings (SSSR count). The predicted octanol–water partition coefficient (Wildman–Crippen LogP) is 3.00. The van der Waals surface area contributed by atoms with Crippen molar-refractivity contribution in [3.8, 4) is 0 Å². The molecule has 0 aromatic rings. The molecule has 4 heteroatoms. The summed E-state index contributed by atoms with van der Waals surface area (Å²) in [7, 11) is -0.823. The molecule has 0 spiro atoms. The zero-order valence-corrected chi connectivity index (χ0v) is 14.0. The van der Waals surface area contributed by atoms with Crippen LogP contribution in [0.2, 0.25) is 0 Å². The lowest BCUT2D eigenvalue weighted by atomic mass is 9.79. The number of sulfone groups is 1. The van der Waals surface area contributed by atoms with Crippen molar-refractivity contribution in [1.29, 1.82) is 0 Å². The van der Waals surface area contributed by atoms with Crippen LogP contribution < -0.4 is 5.32 Å². The zero-order chi connectivity index (χ0) is 14.7. The number of hydrogen-bond donors (Lipinski definition) is 1. The smallest absolute Gasteiger partial charge is 0.150 e. The summed E-state index contributed by atoms with van der Waals surface area (Å²) in [6.07, 6.45) is 7.69. The van der Waals surface area contributed by atoms with Crippen LogP contribution in [0, 0.1) is 11.3 Å². The Morgan fingerprint density at radius 3 is 2.37 bits per heavy atom. The molecule has 0 aromatic carbocycles. The molecule has 0 aliphatic heterocycles. The molecule has 0 amide bonds. The average Bonchev–Trinajstić information content (AvgIpc) is 2.27. The van der Waals surface area contributed by atoms with Gasteiger partial charge in [0.05, 0.1) is 5.25 Å². The van der Waals surface area contributed by atoms with Gasteiger partial charge in [0.15, 0.2) is 0 Å². The molecule has 0 aromatic heterocycles. The molecular formula is C15H31NO2S. The Morgan fingerprint density at radius 1 is 1.26 bits per heavy atom. The Balaban J connectivity index is 2.49. The largest absolute Gasteiger partial charge is 0.316 e. The van der Waals surface area contributed by atoms with E-state index in [1.807, 2.05) is 7.05 Å². The quantitative estimate of drug-likeness (QED) is 0.846. The topological polar surface area (TPSA) is 46.2 Å². The minimum Gasteiger partial charge on any atom is -0.316 e. The van der Waals surface area contributed by atoms with Crippen LogP contribution in [0.3, 0.4) is 0 Å². The van der Waals surface area contributed by atoms with Gasteiger partial charge in [0.1, 0.15) is 9.84 Å². The van der Waals surface area contributed by atoms with Crippen LogP contribution in [-0.4, -0.2) is 33.0 Å². The normalized spacial score (nSPS) is 27.2. The maximum Gasteiger partial charge on any atom is 0.150 e. The molecule has 1 fully saturated rings. The molecule has 1 aliphatic rings. The van der Waals surface area contributed by atoms with Crippen LogP contribution in [0.4, 0.5) is 0 Å². The summed E-state index contributed by atoms with van der Waals surface area (Å²) in [6, 6.07) is 0.506. The van der Waals surface area contributed by atoms with Gasteiger partial charge >= 0.3 is 0 Å². The lowest BCUT2D eigenvalue weighted by Crippen LogP contribution is -2.38. The summed E-state index contributed by atoms with van der Waals surface area (Å²) in [5, 5.41) is 3.32. The fourth-order valence-corrected chi connectivity index (χ4v) is 4.52.